The van der Waals surface area contributed by atoms with Crippen LogP contribution in [-0.2, 0) is 0 Å². The van der Waals surface area contributed by atoms with Crippen molar-refractivity contribution in [2.45, 2.75) is 90.4 Å². The number of allylic oxidation sites excluding steroid dienone is 1. The molecular weight excluding hydrogens is 268 g/mol. The van der Waals surface area contributed by atoms with Crippen LogP contribution in [0.5, 0.6) is 0 Å². The van der Waals surface area contributed by atoms with Gasteiger partial charge in [-0.1, -0.05) is 83.6 Å². The molecule has 2 nitrogen and oxygen atoms in total. The van der Waals surface area contributed by atoms with Crippen LogP contribution in [0.15, 0.2) is 12.2 Å². The summed E-state index contributed by atoms with van der Waals surface area (Å²) in [4.78, 5) is 0. The fourth-order valence-electron chi connectivity index (χ4n) is 3.04. The molecule has 0 spiro atoms. The lowest BCUT2D eigenvalue weighted by atomic mass is 10.0. The normalized spacial score (nSPS) is 14.5. The van der Waals surface area contributed by atoms with Crippen molar-refractivity contribution in [1.82, 2.24) is 5.32 Å². The van der Waals surface area contributed by atoms with Crippen LogP contribution in [0.4, 0.5) is 0 Å². The summed E-state index contributed by atoms with van der Waals surface area (Å²) in [7, 11) is 0. The summed E-state index contributed by atoms with van der Waals surface area (Å²) in [6.45, 7) is 5.63. The predicted octanol–water partition coefficient (Wildman–Crippen LogP) is 5.28. The van der Waals surface area contributed by atoms with Crippen molar-refractivity contribution in [3.8, 4) is 0 Å². The Kier molecular flexibility index (Phi) is 13.2. The fraction of sp³-hybridized carbons (Fsp3) is 0.850. The van der Waals surface area contributed by atoms with Gasteiger partial charge in [0, 0.05) is 0 Å². The molecule has 1 aliphatic rings. The molecule has 0 saturated heterocycles. The minimum Gasteiger partial charge on any atom is -0.277 e. The Morgan fingerprint density at radius 1 is 0.818 bits per heavy atom. The maximum Gasteiger partial charge on any atom is 0.232 e. The molecule has 1 heterocycles. The first-order valence-corrected chi connectivity index (χ1v) is 9.89. The second-order valence-corrected chi connectivity index (χ2v) is 6.73. The first-order valence-electron chi connectivity index (χ1n) is 9.89. The first-order chi connectivity index (χ1) is 10.9. The van der Waals surface area contributed by atoms with E-state index in [0.717, 1.165) is 19.6 Å². The van der Waals surface area contributed by atoms with Gasteiger partial charge in [0.25, 0.3) is 0 Å². The van der Waals surface area contributed by atoms with Crippen LogP contribution in [0.2, 0.25) is 0 Å². The Hall–Kier alpha value is -0.790. The molecule has 128 valence electrons. The minimum absolute atomic E-state index is 1.07. The third kappa shape index (κ3) is 11.8. The molecule has 0 atom stereocenters. The van der Waals surface area contributed by atoms with Crippen molar-refractivity contribution in [1.29, 1.82) is 0 Å². The second kappa shape index (κ2) is 15.1. The Labute approximate surface area is 139 Å². The van der Waals surface area contributed by atoms with Gasteiger partial charge in [0.15, 0.2) is 0 Å². The van der Waals surface area contributed by atoms with E-state index in [1.165, 1.54) is 83.5 Å². The third-order valence-electron chi connectivity index (χ3n) is 4.55. The molecule has 0 bridgehead atoms. The Balaban J connectivity index is 1.72. The van der Waals surface area contributed by atoms with Gasteiger partial charge in [0.2, 0.25) is 6.34 Å². The second-order valence-electron chi connectivity index (χ2n) is 6.73. The van der Waals surface area contributed by atoms with Crippen molar-refractivity contribution in [3.63, 3.8) is 0 Å². The molecule has 0 radical (unpaired) electrons. The van der Waals surface area contributed by atoms with Crippen LogP contribution in [0.25, 0.3) is 0 Å². The van der Waals surface area contributed by atoms with Crippen molar-refractivity contribution < 1.29 is 4.58 Å². The third-order valence-corrected chi connectivity index (χ3v) is 4.55. The number of nitrogens with one attached hydrogen (secondary N) is 1. The van der Waals surface area contributed by atoms with E-state index in [9.17, 15) is 0 Å². The van der Waals surface area contributed by atoms with Gasteiger partial charge in [-0.05, 0) is 18.9 Å². The summed E-state index contributed by atoms with van der Waals surface area (Å²) in [6, 6.07) is 0. The van der Waals surface area contributed by atoms with Crippen molar-refractivity contribution in [2.24, 2.45) is 0 Å². The Bertz CT molecular complexity index is 294. The molecule has 0 aliphatic carbocycles. The molecule has 1 aliphatic heterocycles. The molecule has 0 saturated carbocycles. The number of hydrogen-bond acceptors (Lipinski definition) is 1. The Morgan fingerprint density at radius 3 is 1.95 bits per heavy atom. The highest BCUT2D eigenvalue weighted by Gasteiger charge is 2.04. The van der Waals surface area contributed by atoms with Gasteiger partial charge < -0.3 is 0 Å². The summed E-state index contributed by atoms with van der Waals surface area (Å²) in [5.41, 5.74) is 0. The summed E-state index contributed by atoms with van der Waals surface area (Å²) in [5.74, 6) is 0. The monoisotopic (exact) mass is 307 g/mol. The van der Waals surface area contributed by atoms with Crippen LogP contribution >= 0.6 is 0 Å². The number of nitrogens with zero attached hydrogens (tertiary/aromatic N) is 1. The molecule has 2 heteroatoms. The van der Waals surface area contributed by atoms with Crippen molar-refractivity contribution in [2.75, 3.05) is 19.6 Å². The van der Waals surface area contributed by atoms with Gasteiger partial charge in [0.1, 0.15) is 19.6 Å². The van der Waals surface area contributed by atoms with Crippen molar-refractivity contribution >= 4 is 6.34 Å². The highest BCUT2D eigenvalue weighted by atomic mass is 15.1. The van der Waals surface area contributed by atoms with Crippen LogP contribution in [-0.4, -0.2) is 30.5 Å². The van der Waals surface area contributed by atoms with Gasteiger partial charge >= 0.3 is 0 Å². The smallest absolute Gasteiger partial charge is 0.232 e. The van der Waals surface area contributed by atoms with E-state index in [1.807, 2.05) is 0 Å². The average molecular weight is 308 g/mol. The quantitative estimate of drug-likeness (QED) is 0.247. The highest BCUT2D eigenvalue weighted by molar-refractivity contribution is 5.49. The van der Waals surface area contributed by atoms with E-state index in [4.69, 9.17) is 0 Å². The van der Waals surface area contributed by atoms with Crippen LogP contribution < -0.4 is 5.32 Å². The molecule has 1 N–H and O–H groups in total. The highest BCUT2D eigenvalue weighted by Crippen LogP contribution is 2.12. The minimum atomic E-state index is 1.07. The number of hydrogen-bond donors (Lipinski definition) is 1. The van der Waals surface area contributed by atoms with Crippen LogP contribution in [0.3, 0.4) is 0 Å². The average Bonchev–Trinajstić information content (AvgIpc) is 3.04. The maximum atomic E-state index is 3.24. The molecule has 0 fully saturated rings. The van der Waals surface area contributed by atoms with E-state index < -0.39 is 0 Å². The molecule has 0 amide bonds. The maximum absolute atomic E-state index is 3.24. The zero-order valence-corrected chi connectivity index (χ0v) is 15.0. The molecule has 0 aromatic rings. The van der Waals surface area contributed by atoms with Gasteiger partial charge in [-0.3, -0.25) is 9.89 Å². The molecule has 1 rings (SSSR count). The standard InChI is InChI=1S/C20H38N2/c1-2-3-4-5-6-7-8-9-10-11-12-13-14-15-16-18-22-19-17-21-20-22/h15-16,20H,2-14,17-19H2,1H3/p+1. The molecular formula is C20H39N2+. The van der Waals surface area contributed by atoms with Gasteiger partial charge in [-0.2, -0.15) is 0 Å². The predicted molar refractivity (Wildman–Crippen MR) is 98.9 cm³/mol. The number of unbranched alkanes of at least 4 members (excludes halogenated alkanes) is 12. The lowest BCUT2D eigenvalue weighted by Crippen LogP contribution is -2.09. The van der Waals surface area contributed by atoms with Gasteiger partial charge in [-0.15, -0.1) is 0 Å². The van der Waals surface area contributed by atoms with E-state index in [2.05, 4.69) is 35.3 Å². The topological polar surface area (TPSA) is 15.0 Å². The molecule has 22 heavy (non-hydrogen) atoms. The lowest BCUT2D eigenvalue weighted by Gasteiger charge is -2.02. The largest absolute Gasteiger partial charge is 0.277 e. The summed E-state index contributed by atoms with van der Waals surface area (Å²) in [5, 5.41) is 3.24. The van der Waals surface area contributed by atoms with Gasteiger partial charge in [0.05, 0.1) is 0 Å². The fourth-order valence-corrected chi connectivity index (χ4v) is 3.04. The lowest BCUT2D eigenvalue weighted by molar-refractivity contribution is -0.503. The van der Waals surface area contributed by atoms with E-state index in [1.54, 1.807) is 0 Å². The molecule has 0 unspecified atom stereocenters. The zero-order chi connectivity index (χ0) is 15.7. The van der Waals surface area contributed by atoms with E-state index in [0.29, 0.717) is 0 Å². The van der Waals surface area contributed by atoms with Gasteiger partial charge in [-0.25, -0.2) is 0 Å². The SMILES string of the molecule is CCCCCCCCCCCCCCC=CC[N+]1=CNCC1. The Morgan fingerprint density at radius 2 is 1.41 bits per heavy atom. The summed E-state index contributed by atoms with van der Waals surface area (Å²) in [6.07, 6.45) is 25.3. The van der Waals surface area contributed by atoms with E-state index in [-0.39, 0.29) is 0 Å². The van der Waals surface area contributed by atoms with Crippen molar-refractivity contribution in [3.05, 3.63) is 12.2 Å². The van der Waals surface area contributed by atoms with Crippen LogP contribution in [0.1, 0.15) is 90.4 Å². The number of rotatable bonds is 15. The molecule has 0 aromatic carbocycles. The van der Waals surface area contributed by atoms with E-state index >= 15 is 0 Å². The molecule has 0 aromatic heterocycles. The van der Waals surface area contributed by atoms with Crippen LogP contribution in [0, 0.1) is 0 Å². The summed E-state index contributed by atoms with van der Waals surface area (Å²) < 4.78 is 2.33. The summed E-state index contributed by atoms with van der Waals surface area (Å²) >= 11 is 0. The first kappa shape index (κ1) is 19.3. The zero-order valence-electron chi connectivity index (χ0n) is 15.0.